The van der Waals surface area contributed by atoms with Gasteiger partial charge in [0.25, 0.3) is 5.91 Å². The van der Waals surface area contributed by atoms with Crippen LogP contribution in [-0.2, 0) is 0 Å². The van der Waals surface area contributed by atoms with Crippen molar-refractivity contribution in [3.8, 4) is 0 Å². The smallest absolute Gasteiger partial charge is 0.329 e. The van der Waals surface area contributed by atoms with Crippen LogP contribution in [0.1, 0.15) is 10.4 Å². The summed E-state index contributed by atoms with van der Waals surface area (Å²) in [6.07, 6.45) is -4.59. The zero-order valence-corrected chi connectivity index (χ0v) is 11.1. The van der Waals surface area contributed by atoms with Gasteiger partial charge in [0.2, 0.25) is 0 Å². The summed E-state index contributed by atoms with van der Waals surface area (Å²) in [7, 11) is 0. The number of hydrogen-bond acceptors (Lipinski definition) is 1. The van der Waals surface area contributed by atoms with Crippen LogP contribution in [0, 0.1) is 11.6 Å². The molecule has 106 valence electrons. The summed E-state index contributed by atoms with van der Waals surface area (Å²) in [5.74, 6) is -3.22. The summed E-state index contributed by atoms with van der Waals surface area (Å²) in [5.41, 5.74) is -0.591. The highest BCUT2D eigenvalue weighted by atomic mass is 79.9. The number of carbonyl (C=O) groups excluding carboxylic acids is 1. The molecular weight excluding hydrogens is 337 g/mol. The van der Waals surface area contributed by atoms with Gasteiger partial charge >= 0.3 is 6.18 Å². The maximum absolute atomic E-state index is 13.4. The van der Waals surface area contributed by atoms with Crippen LogP contribution < -0.4 is 0 Å². The molecule has 2 nitrogen and oxygen atoms in total. The summed E-state index contributed by atoms with van der Waals surface area (Å²) >= 11 is 2.91. The van der Waals surface area contributed by atoms with Crippen molar-refractivity contribution in [2.75, 3.05) is 18.4 Å². The number of halogens is 6. The molecule has 1 amide bonds. The third-order valence-electron chi connectivity index (χ3n) is 2.17. The first-order valence-corrected chi connectivity index (χ1v) is 6.24. The lowest BCUT2D eigenvalue weighted by atomic mass is 10.2. The second kappa shape index (κ2) is 6.31. The molecule has 0 saturated carbocycles. The summed E-state index contributed by atoms with van der Waals surface area (Å²) in [4.78, 5) is 12.2. The van der Waals surface area contributed by atoms with Crippen LogP contribution in [-0.4, -0.2) is 35.4 Å². The van der Waals surface area contributed by atoms with Crippen LogP contribution in [0.15, 0.2) is 18.2 Å². The maximum atomic E-state index is 13.4. The minimum absolute atomic E-state index is 0.109. The molecule has 0 aliphatic heterocycles. The van der Waals surface area contributed by atoms with Crippen molar-refractivity contribution >= 4 is 21.8 Å². The molecule has 0 aromatic heterocycles. The number of carbonyl (C=O) groups is 1. The van der Waals surface area contributed by atoms with Gasteiger partial charge in [-0.25, -0.2) is 8.78 Å². The van der Waals surface area contributed by atoms with E-state index in [9.17, 15) is 26.7 Å². The molecule has 0 aliphatic rings. The molecule has 1 rings (SSSR count). The Kier molecular flexibility index (Phi) is 5.28. The number of benzene rings is 1. The molecule has 0 atom stereocenters. The van der Waals surface area contributed by atoms with Gasteiger partial charge in [-0.1, -0.05) is 15.9 Å². The van der Waals surface area contributed by atoms with Crippen LogP contribution in [0.2, 0.25) is 0 Å². The SMILES string of the molecule is O=C(c1ccc(F)cc1F)N(CCBr)CC(F)(F)F. The molecule has 0 bridgehead atoms. The van der Waals surface area contributed by atoms with Gasteiger partial charge in [-0.3, -0.25) is 4.79 Å². The van der Waals surface area contributed by atoms with E-state index in [4.69, 9.17) is 0 Å². The Labute approximate surface area is 114 Å². The van der Waals surface area contributed by atoms with Gasteiger partial charge in [0.05, 0.1) is 5.56 Å². The lowest BCUT2D eigenvalue weighted by molar-refractivity contribution is -0.140. The van der Waals surface area contributed by atoms with Crippen LogP contribution in [0.5, 0.6) is 0 Å². The van der Waals surface area contributed by atoms with Gasteiger partial charge in [-0.15, -0.1) is 0 Å². The van der Waals surface area contributed by atoms with E-state index in [1.54, 1.807) is 0 Å². The molecule has 0 radical (unpaired) electrons. The lowest BCUT2D eigenvalue weighted by Crippen LogP contribution is -2.40. The Hall–Kier alpha value is -1.18. The van der Waals surface area contributed by atoms with Crippen molar-refractivity contribution in [1.29, 1.82) is 0 Å². The molecule has 19 heavy (non-hydrogen) atoms. The average molecular weight is 346 g/mol. The van der Waals surface area contributed by atoms with Crippen molar-refractivity contribution < 1.29 is 26.7 Å². The normalized spacial score (nSPS) is 11.5. The van der Waals surface area contributed by atoms with E-state index >= 15 is 0 Å². The number of rotatable bonds is 4. The van der Waals surface area contributed by atoms with Crippen molar-refractivity contribution in [2.24, 2.45) is 0 Å². The van der Waals surface area contributed by atoms with Crippen molar-refractivity contribution in [3.05, 3.63) is 35.4 Å². The van der Waals surface area contributed by atoms with Gasteiger partial charge in [0.15, 0.2) is 0 Å². The molecule has 0 aliphatic carbocycles. The molecule has 0 N–H and O–H groups in total. The number of alkyl halides is 4. The third-order valence-corrected chi connectivity index (χ3v) is 2.53. The zero-order chi connectivity index (χ0) is 14.6. The lowest BCUT2D eigenvalue weighted by Gasteiger charge is -2.23. The summed E-state index contributed by atoms with van der Waals surface area (Å²) in [5, 5.41) is 0.109. The van der Waals surface area contributed by atoms with Gasteiger partial charge in [0.1, 0.15) is 18.2 Å². The Morgan fingerprint density at radius 2 is 1.89 bits per heavy atom. The number of hydrogen-bond donors (Lipinski definition) is 0. The molecule has 1 aromatic carbocycles. The summed E-state index contributed by atoms with van der Waals surface area (Å²) < 4.78 is 63.0. The maximum Gasteiger partial charge on any atom is 0.406 e. The first kappa shape index (κ1) is 15.9. The van der Waals surface area contributed by atoms with Crippen LogP contribution in [0.3, 0.4) is 0 Å². The molecular formula is C11H9BrF5NO. The zero-order valence-electron chi connectivity index (χ0n) is 9.48. The second-order valence-corrected chi connectivity index (χ2v) is 4.45. The molecule has 0 unspecified atom stereocenters. The van der Waals surface area contributed by atoms with E-state index < -0.39 is 35.8 Å². The van der Waals surface area contributed by atoms with E-state index in [1.165, 1.54) is 0 Å². The van der Waals surface area contributed by atoms with Gasteiger partial charge in [-0.05, 0) is 12.1 Å². The highest BCUT2D eigenvalue weighted by molar-refractivity contribution is 9.09. The van der Waals surface area contributed by atoms with Crippen LogP contribution >= 0.6 is 15.9 Å². The number of nitrogens with zero attached hydrogens (tertiary/aromatic N) is 1. The fourth-order valence-corrected chi connectivity index (χ4v) is 1.83. The highest BCUT2D eigenvalue weighted by Gasteiger charge is 2.33. The van der Waals surface area contributed by atoms with Gasteiger partial charge in [0, 0.05) is 17.9 Å². The van der Waals surface area contributed by atoms with E-state index in [2.05, 4.69) is 15.9 Å². The van der Waals surface area contributed by atoms with E-state index in [0.29, 0.717) is 11.0 Å². The number of amides is 1. The van der Waals surface area contributed by atoms with Gasteiger partial charge in [-0.2, -0.15) is 13.2 Å². The van der Waals surface area contributed by atoms with Crippen molar-refractivity contribution in [1.82, 2.24) is 4.90 Å². The molecule has 0 saturated heterocycles. The average Bonchev–Trinajstić information content (AvgIpc) is 2.26. The van der Waals surface area contributed by atoms with E-state index in [-0.39, 0.29) is 11.9 Å². The van der Waals surface area contributed by atoms with Crippen molar-refractivity contribution in [2.45, 2.75) is 6.18 Å². The quantitative estimate of drug-likeness (QED) is 0.605. The fourth-order valence-electron chi connectivity index (χ4n) is 1.40. The standard InChI is InChI=1S/C11H9BrF5NO/c12-3-4-18(6-11(15,16)17)10(19)8-2-1-7(13)5-9(8)14/h1-2,5H,3-4,6H2. The molecule has 0 fully saturated rings. The Morgan fingerprint density at radius 1 is 1.26 bits per heavy atom. The van der Waals surface area contributed by atoms with E-state index in [1.807, 2.05) is 0 Å². The Bertz CT molecular complexity index is 463. The predicted octanol–water partition coefficient (Wildman–Crippen LogP) is 3.36. The fraction of sp³-hybridized carbons (Fsp3) is 0.364. The topological polar surface area (TPSA) is 20.3 Å². The molecule has 0 spiro atoms. The minimum atomic E-state index is -4.59. The summed E-state index contributed by atoms with van der Waals surface area (Å²) in [6.45, 7) is -1.73. The summed E-state index contributed by atoms with van der Waals surface area (Å²) in [6, 6.07) is 2.09. The third kappa shape index (κ3) is 4.77. The Balaban J connectivity index is 2.99. The molecule has 8 heteroatoms. The van der Waals surface area contributed by atoms with Crippen molar-refractivity contribution in [3.63, 3.8) is 0 Å². The molecule has 1 aromatic rings. The van der Waals surface area contributed by atoms with Crippen LogP contribution in [0.4, 0.5) is 22.0 Å². The van der Waals surface area contributed by atoms with Gasteiger partial charge < -0.3 is 4.90 Å². The van der Waals surface area contributed by atoms with E-state index in [0.717, 1.165) is 12.1 Å². The predicted molar refractivity (Wildman–Crippen MR) is 62.1 cm³/mol. The second-order valence-electron chi connectivity index (χ2n) is 3.66. The first-order chi connectivity index (χ1) is 8.74. The monoisotopic (exact) mass is 345 g/mol. The minimum Gasteiger partial charge on any atom is -0.329 e. The first-order valence-electron chi connectivity index (χ1n) is 5.11. The van der Waals surface area contributed by atoms with Crippen LogP contribution in [0.25, 0.3) is 0 Å². The largest absolute Gasteiger partial charge is 0.406 e. The molecule has 0 heterocycles. The highest BCUT2D eigenvalue weighted by Crippen LogP contribution is 2.19. The Morgan fingerprint density at radius 3 is 2.37 bits per heavy atom.